The van der Waals surface area contributed by atoms with Gasteiger partial charge in [0.05, 0.1) is 0 Å². The Labute approximate surface area is 111 Å². The highest BCUT2D eigenvalue weighted by Crippen LogP contribution is 2.30. The Morgan fingerprint density at radius 1 is 1.33 bits per heavy atom. The van der Waals surface area contributed by atoms with E-state index in [4.69, 9.17) is 0 Å². The van der Waals surface area contributed by atoms with Crippen LogP contribution in [0.5, 0.6) is 0 Å². The van der Waals surface area contributed by atoms with Crippen molar-refractivity contribution in [1.29, 1.82) is 0 Å². The Morgan fingerprint density at radius 3 is 3.06 bits per heavy atom. The highest BCUT2D eigenvalue weighted by atomic mass is 14.8. The predicted molar refractivity (Wildman–Crippen MR) is 76.5 cm³/mol. The highest BCUT2D eigenvalue weighted by Gasteiger charge is 2.17. The van der Waals surface area contributed by atoms with Gasteiger partial charge in [0.2, 0.25) is 0 Å². The van der Waals surface area contributed by atoms with Crippen LogP contribution in [0.1, 0.15) is 44.6 Å². The average Bonchev–Trinajstić information content (AvgIpc) is 2.40. The molecule has 0 bridgehead atoms. The molecule has 0 aromatic carbocycles. The van der Waals surface area contributed by atoms with Crippen LogP contribution in [0.2, 0.25) is 0 Å². The summed E-state index contributed by atoms with van der Waals surface area (Å²) in [6.45, 7) is 4.66. The van der Waals surface area contributed by atoms with Crippen molar-refractivity contribution in [3.8, 4) is 0 Å². The van der Waals surface area contributed by atoms with Gasteiger partial charge in [0, 0.05) is 12.4 Å². The number of hydrogen-bond acceptors (Lipinski definition) is 2. The largest absolute Gasteiger partial charge is 0.316 e. The Balaban J connectivity index is 1.53. The summed E-state index contributed by atoms with van der Waals surface area (Å²) in [6, 6.07) is 4.16. The lowest BCUT2D eigenvalue weighted by molar-refractivity contribution is 0.268. The fourth-order valence-corrected chi connectivity index (χ4v) is 3.03. The maximum Gasteiger partial charge on any atom is 0.0300 e. The number of nitrogens with one attached hydrogen (secondary N) is 1. The molecule has 1 aromatic rings. The fourth-order valence-electron chi connectivity index (χ4n) is 3.03. The van der Waals surface area contributed by atoms with Crippen LogP contribution >= 0.6 is 0 Å². The first kappa shape index (κ1) is 13.5. The standard InChI is InChI=1S/C16H26N2/c1-14-4-2-5-15(12-14)7-10-17-11-8-16-6-3-9-18-13-16/h3,6,9,13-15,17H,2,4-5,7-8,10-12H2,1H3. The summed E-state index contributed by atoms with van der Waals surface area (Å²) in [5.41, 5.74) is 1.33. The average molecular weight is 246 g/mol. The molecule has 1 heterocycles. The molecule has 0 radical (unpaired) electrons. The Bertz CT molecular complexity index is 323. The zero-order valence-corrected chi connectivity index (χ0v) is 11.6. The van der Waals surface area contributed by atoms with Crippen molar-refractivity contribution in [3.05, 3.63) is 30.1 Å². The van der Waals surface area contributed by atoms with Gasteiger partial charge in [-0.3, -0.25) is 4.98 Å². The Hall–Kier alpha value is -0.890. The van der Waals surface area contributed by atoms with Crippen molar-refractivity contribution >= 4 is 0 Å². The number of rotatable bonds is 6. The van der Waals surface area contributed by atoms with Crippen molar-refractivity contribution < 1.29 is 0 Å². The lowest BCUT2D eigenvalue weighted by Gasteiger charge is -2.26. The second-order valence-corrected chi connectivity index (χ2v) is 5.79. The minimum absolute atomic E-state index is 0.958. The van der Waals surface area contributed by atoms with Gasteiger partial charge < -0.3 is 5.32 Å². The third kappa shape index (κ3) is 4.77. The first-order valence-corrected chi connectivity index (χ1v) is 7.44. The van der Waals surface area contributed by atoms with Gasteiger partial charge in [0.1, 0.15) is 0 Å². The van der Waals surface area contributed by atoms with Crippen LogP contribution < -0.4 is 5.32 Å². The summed E-state index contributed by atoms with van der Waals surface area (Å²) < 4.78 is 0. The van der Waals surface area contributed by atoms with Crippen LogP contribution in [0.4, 0.5) is 0 Å². The molecule has 100 valence electrons. The van der Waals surface area contributed by atoms with Crippen molar-refractivity contribution in [2.45, 2.75) is 45.4 Å². The van der Waals surface area contributed by atoms with Crippen molar-refractivity contribution in [3.63, 3.8) is 0 Å². The number of nitrogens with zero attached hydrogens (tertiary/aromatic N) is 1. The summed E-state index contributed by atoms with van der Waals surface area (Å²) in [6.07, 6.45) is 12.0. The van der Waals surface area contributed by atoms with Gasteiger partial charge in [0.15, 0.2) is 0 Å². The molecule has 18 heavy (non-hydrogen) atoms. The van der Waals surface area contributed by atoms with Crippen LogP contribution in [0, 0.1) is 11.8 Å². The molecule has 1 N–H and O–H groups in total. The molecule has 0 saturated heterocycles. The summed E-state index contributed by atoms with van der Waals surface area (Å²) in [4.78, 5) is 4.14. The van der Waals surface area contributed by atoms with Gasteiger partial charge in [-0.15, -0.1) is 0 Å². The summed E-state index contributed by atoms with van der Waals surface area (Å²) in [5, 5.41) is 3.57. The van der Waals surface area contributed by atoms with Gasteiger partial charge in [-0.25, -0.2) is 0 Å². The van der Waals surface area contributed by atoms with Gasteiger partial charge in [-0.2, -0.15) is 0 Å². The van der Waals surface area contributed by atoms with E-state index in [2.05, 4.69) is 23.3 Å². The van der Waals surface area contributed by atoms with E-state index >= 15 is 0 Å². The number of aromatic nitrogens is 1. The maximum atomic E-state index is 4.14. The fraction of sp³-hybridized carbons (Fsp3) is 0.688. The van der Waals surface area contributed by atoms with E-state index in [-0.39, 0.29) is 0 Å². The number of pyridine rings is 1. The van der Waals surface area contributed by atoms with Gasteiger partial charge in [-0.05, 0) is 55.8 Å². The van der Waals surface area contributed by atoms with Gasteiger partial charge in [0.25, 0.3) is 0 Å². The molecule has 2 nitrogen and oxygen atoms in total. The van der Waals surface area contributed by atoms with Crippen molar-refractivity contribution in [2.75, 3.05) is 13.1 Å². The Morgan fingerprint density at radius 2 is 2.28 bits per heavy atom. The Kier molecular flexibility index (Phi) is 5.66. The molecule has 1 saturated carbocycles. The van der Waals surface area contributed by atoms with Crippen LogP contribution in [0.3, 0.4) is 0 Å². The molecule has 1 aliphatic rings. The molecule has 2 rings (SSSR count). The molecule has 0 aliphatic heterocycles. The lowest BCUT2D eigenvalue weighted by atomic mass is 9.81. The zero-order chi connectivity index (χ0) is 12.6. The van der Waals surface area contributed by atoms with Gasteiger partial charge >= 0.3 is 0 Å². The van der Waals surface area contributed by atoms with Crippen molar-refractivity contribution in [2.24, 2.45) is 11.8 Å². The highest BCUT2D eigenvalue weighted by molar-refractivity contribution is 5.08. The minimum Gasteiger partial charge on any atom is -0.316 e. The summed E-state index contributed by atoms with van der Waals surface area (Å²) in [5.74, 6) is 1.93. The second-order valence-electron chi connectivity index (χ2n) is 5.79. The maximum absolute atomic E-state index is 4.14. The van der Waals surface area contributed by atoms with E-state index in [0.717, 1.165) is 24.8 Å². The normalized spacial score (nSPS) is 24.1. The van der Waals surface area contributed by atoms with E-state index < -0.39 is 0 Å². The molecule has 1 aliphatic carbocycles. The van der Waals surface area contributed by atoms with E-state index in [9.17, 15) is 0 Å². The predicted octanol–water partition coefficient (Wildman–Crippen LogP) is 3.43. The molecular formula is C16H26N2. The van der Waals surface area contributed by atoms with Gasteiger partial charge in [-0.1, -0.05) is 32.3 Å². The monoisotopic (exact) mass is 246 g/mol. The second kappa shape index (κ2) is 7.52. The van der Waals surface area contributed by atoms with Crippen LogP contribution in [0.25, 0.3) is 0 Å². The molecular weight excluding hydrogens is 220 g/mol. The first-order valence-electron chi connectivity index (χ1n) is 7.44. The van der Waals surface area contributed by atoms with E-state index in [1.807, 2.05) is 18.5 Å². The molecule has 2 heteroatoms. The van der Waals surface area contributed by atoms with Crippen LogP contribution in [0.15, 0.2) is 24.5 Å². The summed E-state index contributed by atoms with van der Waals surface area (Å²) >= 11 is 0. The quantitative estimate of drug-likeness (QED) is 0.778. The molecule has 2 unspecified atom stereocenters. The summed E-state index contributed by atoms with van der Waals surface area (Å²) in [7, 11) is 0. The molecule has 2 atom stereocenters. The topological polar surface area (TPSA) is 24.9 Å². The van der Waals surface area contributed by atoms with Crippen LogP contribution in [-0.4, -0.2) is 18.1 Å². The smallest absolute Gasteiger partial charge is 0.0300 e. The molecule has 1 fully saturated rings. The third-order valence-corrected chi connectivity index (χ3v) is 4.09. The van der Waals surface area contributed by atoms with E-state index in [1.54, 1.807) is 0 Å². The minimum atomic E-state index is 0.958. The molecule has 1 aromatic heterocycles. The van der Waals surface area contributed by atoms with E-state index in [1.165, 1.54) is 44.2 Å². The van der Waals surface area contributed by atoms with E-state index in [0.29, 0.717) is 0 Å². The van der Waals surface area contributed by atoms with Crippen molar-refractivity contribution in [1.82, 2.24) is 10.3 Å². The first-order chi connectivity index (χ1) is 8.84. The number of hydrogen-bond donors (Lipinski definition) is 1. The van der Waals surface area contributed by atoms with Crippen LogP contribution in [-0.2, 0) is 6.42 Å². The SMILES string of the molecule is CC1CCCC(CCNCCc2cccnc2)C1. The molecule has 0 spiro atoms. The third-order valence-electron chi connectivity index (χ3n) is 4.09. The molecule has 0 amide bonds. The zero-order valence-electron chi connectivity index (χ0n) is 11.6. The lowest BCUT2D eigenvalue weighted by Crippen LogP contribution is -2.23.